The number of ether oxygens (including phenoxy) is 1. The van der Waals surface area contributed by atoms with E-state index in [0.29, 0.717) is 37.9 Å². The predicted octanol–water partition coefficient (Wildman–Crippen LogP) is 3.69. The minimum absolute atomic E-state index is 0.0891. The molecule has 2 saturated heterocycles. The molecule has 0 saturated carbocycles. The largest absolute Gasteiger partial charge is 0.378 e. The van der Waals surface area contributed by atoms with Gasteiger partial charge in [0.05, 0.1) is 44.9 Å². The van der Waals surface area contributed by atoms with Crippen LogP contribution in [0.3, 0.4) is 0 Å². The Morgan fingerprint density at radius 2 is 1.78 bits per heavy atom. The molecule has 0 spiro atoms. The molecule has 4 rings (SSSR count). The first-order chi connectivity index (χ1) is 17.9. The molecule has 3 N–H and O–H groups in total. The van der Waals surface area contributed by atoms with Gasteiger partial charge >= 0.3 is 0 Å². The number of morpholine rings is 1. The highest BCUT2D eigenvalue weighted by Crippen LogP contribution is 2.31. The maximum absolute atomic E-state index is 13.0. The molecule has 37 heavy (non-hydrogen) atoms. The van der Waals surface area contributed by atoms with E-state index >= 15 is 0 Å². The van der Waals surface area contributed by atoms with E-state index in [0.717, 1.165) is 55.5 Å². The number of carbonyl (C=O) groups is 2. The molecule has 2 amide bonds. The van der Waals surface area contributed by atoms with E-state index in [4.69, 9.17) is 10.5 Å². The van der Waals surface area contributed by atoms with Crippen LogP contribution in [0.25, 0.3) is 0 Å². The van der Waals surface area contributed by atoms with Crippen LogP contribution in [0.1, 0.15) is 49.0 Å². The molecule has 2 aliphatic heterocycles. The molecule has 0 aromatic heterocycles. The van der Waals surface area contributed by atoms with Crippen molar-refractivity contribution in [3.05, 3.63) is 65.7 Å². The number of nitrogens with two attached hydrogens (primary N) is 1. The van der Waals surface area contributed by atoms with Crippen LogP contribution < -0.4 is 11.1 Å². The van der Waals surface area contributed by atoms with Gasteiger partial charge in [-0.15, -0.1) is 0 Å². The molecule has 0 bridgehead atoms. The maximum Gasteiger partial charge on any atom is 0.255 e. The smallest absolute Gasteiger partial charge is 0.255 e. The number of hydrogen-bond acceptors (Lipinski definition) is 4. The fourth-order valence-corrected chi connectivity index (χ4v) is 6.09. The molecule has 2 heterocycles. The molecule has 7 heteroatoms. The van der Waals surface area contributed by atoms with E-state index in [9.17, 15) is 9.59 Å². The van der Waals surface area contributed by atoms with Gasteiger partial charge in [0.15, 0.2) is 0 Å². The summed E-state index contributed by atoms with van der Waals surface area (Å²) in [6, 6.07) is 17.6. The number of rotatable bonds is 9. The molecule has 2 unspecified atom stereocenters. The third-order valence-electron chi connectivity index (χ3n) is 8.36. The van der Waals surface area contributed by atoms with Gasteiger partial charge in [0.25, 0.3) is 5.91 Å². The summed E-state index contributed by atoms with van der Waals surface area (Å²) in [5.41, 5.74) is 9.22. The molecule has 2 atom stereocenters. The minimum Gasteiger partial charge on any atom is -0.378 e. The number of benzene rings is 2. The Balaban J connectivity index is 1.37. The Bertz CT molecular complexity index is 1030. The summed E-state index contributed by atoms with van der Waals surface area (Å²) in [6.45, 7) is 10.3. The Hall–Kier alpha value is -2.74. The van der Waals surface area contributed by atoms with Crippen LogP contribution in [0.15, 0.2) is 54.6 Å². The third kappa shape index (κ3) is 6.78. The lowest BCUT2D eigenvalue weighted by atomic mass is 9.86. The quantitative estimate of drug-likeness (QED) is 0.507. The minimum atomic E-state index is -0.415. The number of piperidine rings is 1. The van der Waals surface area contributed by atoms with Crippen molar-refractivity contribution < 1.29 is 18.8 Å². The molecule has 2 aromatic carbocycles. The topological polar surface area (TPSA) is 84.7 Å². The van der Waals surface area contributed by atoms with Crippen molar-refractivity contribution in [1.29, 1.82) is 0 Å². The highest BCUT2D eigenvalue weighted by Gasteiger charge is 2.41. The molecule has 2 aromatic rings. The van der Waals surface area contributed by atoms with Crippen molar-refractivity contribution in [2.75, 3.05) is 51.3 Å². The lowest BCUT2D eigenvalue weighted by Crippen LogP contribution is -2.61. The first-order valence-electron chi connectivity index (χ1n) is 13.8. The average Bonchev–Trinajstić information content (AvgIpc) is 2.94. The molecule has 0 radical (unpaired) electrons. The SMILES string of the molecule is CCC[N+]1(C(C)Cc2cccc(NC(=O)c3ccccc3)c2)CCC(C(N)C(=O)N2CCOCC2)CC1. The van der Waals surface area contributed by atoms with Crippen molar-refractivity contribution in [2.45, 2.75) is 51.6 Å². The standard InChI is InChI=1S/C30H42N4O3/c1-3-16-34(17-12-25(13-18-34)28(31)30(36)33-14-19-37-20-15-33)23(2)21-24-8-7-11-27(22-24)32-29(35)26-9-5-4-6-10-26/h4-11,22-23,25,28H,3,12-21,31H2,1-2H3/p+1. The number of amides is 2. The molecule has 0 aliphatic carbocycles. The molecule has 7 nitrogen and oxygen atoms in total. The number of likely N-dealkylation sites (tertiary alicyclic amines) is 1. The molecule has 2 fully saturated rings. The summed E-state index contributed by atoms with van der Waals surface area (Å²) in [5, 5.41) is 3.04. The first kappa shape index (κ1) is 27.3. The van der Waals surface area contributed by atoms with Gasteiger partial charge in [-0.2, -0.15) is 0 Å². The number of anilines is 1. The first-order valence-corrected chi connectivity index (χ1v) is 13.8. The summed E-state index contributed by atoms with van der Waals surface area (Å²) < 4.78 is 6.45. The summed E-state index contributed by atoms with van der Waals surface area (Å²) in [7, 11) is 0. The van der Waals surface area contributed by atoms with Gasteiger partial charge in [0.2, 0.25) is 5.91 Å². The number of quaternary nitrogens is 1. The van der Waals surface area contributed by atoms with Crippen molar-refractivity contribution in [2.24, 2.45) is 11.7 Å². The van der Waals surface area contributed by atoms with Crippen LogP contribution in [-0.2, 0) is 16.0 Å². The van der Waals surface area contributed by atoms with Crippen LogP contribution in [0.5, 0.6) is 0 Å². The van der Waals surface area contributed by atoms with Crippen molar-refractivity contribution in [3.63, 3.8) is 0 Å². The molecular formula is C30H43N4O3+. The van der Waals surface area contributed by atoms with Crippen LogP contribution in [0.2, 0.25) is 0 Å². The van der Waals surface area contributed by atoms with Crippen molar-refractivity contribution in [3.8, 4) is 0 Å². The van der Waals surface area contributed by atoms with E-state index < -0.39 is 6.04 Å². The zero-order valence-electron chi connectivity index (χ0n) is 22.4. The molecular weight excluding hydrogens is 464 g/mol. The van der Waals surface area contributed by atoms with Crippen molar-refractivity contribution in [1.82, 2.24) is 4.90 Å². The third-order valence-corrected chi connectivity index (χ3v) is 8.36. The maximum atomic E-state index is 13.0. The Kier molecular flexibility index (Phi) is 9.35. The number of hydrogen-bond donors (Lipinski definition) is 2. The predicted molar refractivity (Wildman–Crippen MR) is 147 cm³/mol. The van der Waals surface area contributed by atoms with Gasteiger partial charge < -0.3 is 25.2 Å². The van der Waals surface area contributed by atoms with E-state index in [1.54, 1.807) is 0 Å². The van der Waals surface area contributed by atoms with Gasteiger partial charge in [-0.05, 0) is 49.1 Å². The van der Waals surface area contributed by atoms with Gasteiger partial charge in [0, 0.05) is 43.6 Å². The monoisotopic (exact) mass is 507 g/mol. The van der Waals surface area contributed by atoms with E-state index in [1.165, 1.54) is 5.56 Å². The van der Waals surface area contributed by atoms with Crippen LogP contribution in [0.4, 0.5) is 5.69 Å². The van der Waals surface area contributed by atoms with Crippen molar-refractivity contribution >= 4 is 17.5 Å². The Morgan fingerprint density at radius 1 is 1.08 bits per heavy atom. The lowest BCUT2D eigenvalue weighted by molar-refractivity contribution is -0.954. The van der Waals surface area contributed by atoms with E-state index in [1.807, 2.05) is 47.4 Å². The second kappa shape index (κ2) is 12.7. The average molecular weight is 508 g/mol. The molecule has 200 valence electrons. The van der Waals surface area contributed by atoms with Gasteiger partial charge in [-0.1, -0.05) is 37.3 Å². The fourth-order valence-electron chi connectivity index (χ4n) is 6.09. The second-order valence-corrected chi connectivity index (χ2v) is 10.8. The van der Waals surface area contributed by atoms with E-state index in [-0.39, 0.29) is 17.7 Å². The highest BCUT2D eigenvalue weighted by atomic mass is 16.5. The number of nitrogens with zero attached hydrogens (tertiary/aromatic N) is 2. The number of nitrogens with one attached hydrogen (secondary N) is 1. The summed E-state index contributed by atoms with van der Waals surface area (Å²) in [4.78, 5) is 27.5. The Labute approximate surface area is 221 Å². The fraction of sp³-hybridized carbons (Fsp3) is 0.533. The van der Waals surface area contributed by atoms with Crippen LogP contribution >= 0.6 is 0 Å². The summed E-state index contributed by atoms with van der Waals surface area (Å²) in [6.07, 6.45) is 4.03. The zero-order valence-corrected chi connectivity index (χ0v) is 22.4. The normalized spacial score (nSPS) is 23.8. The summed E-state index contributed by atoms with van der Waals surface area (Å²) in [5.74, 6) is 0.235. The zero-order chi connectivity index (χ0) is 26.3. The van der Waals surface area contributed by atoms with Gasteiger partial charge in [0.1, 0.15) is 0 Å². The van der Waals surface area contributed by atoms with Gasteiger partial charge in [-0.3, -0.25) is 9.59 Å². The van der Waals surface area contributed by atoms with E-state index in [2.05, 4.69) is 31.3 Å². The van der Waals surface area contributed by atoms with Gasteiger partial charge in [-0.25, -0.2) is 0 Å². The Morgan fingerprint density at radius 3 is 2.46 bits per heavy atom. The summed E-state index contributed by atoms with van der Waals surface area (Å²) >= 11 is 0. The molecule has 2 aliphatic rings. The lowest BCUT2D eigenvalue weighted by Gasteiger charge is -2.49. The van der Waals surface area contributed by atoms with Crippen LogP contribution in [0, 0.1) is 5.92 Å². The highest BCUT2D eigenvalue weighted by molar-refractivity contribution is 6.04. The second-order valence-electron chi connectivity index (χ2n) is 10.8. The van der Waals surface area contributed by atoms with Crippen LogP contribution in [-0.4, -0.2) is 79.2 Å². The number of carbonyl (C=O) groups excluding carboxylic acids is 2.